The Morgan fingerprint density at radius 1 is 0.942 bits per heavy atom. The van der Waals surface area contributed by atoms with Gasteiger partial charge in [0.15, 0.2) is 11.5 Å². The molecular weight excluding hydrogens is 896 g/mol. The van der Waals surface area contributed by atoms with Crippen LogP contribution in [0.1, 0.15) is 107 Å². The van der Waals surface area contributed by atoms with E-state index in [1.54, 1.807) is 39.2 Å². The largest absolute Gasteiger partial charge is 0.494 e. The van der Waals surface area contributed by atoms with Gasteiger partial charge in [-0.1, -0.05) is 6.92 Å². The number of methoxy groups -OCH3 is 1. The number of nitrogens with one attached hydrogen (secondary N) is 3. The number of aliphatic hydroxyl groups excluding tert-OH is 2. The van der Waals surface area contributed by atoms with Gasteiger partial charge in [-0.25, -0.2) is 9.97 Å². The van der Waals surface area contributed by atoms with Gasteiger partial charge >= 0.3 is 6.18 Å². The molecule has 5 aromatic rings. The number of hydrogen-bond acceptors (Lipinski definition) is 14. The Morgan fingerprint density at radius 2 is 1.67 bits per heavy atom. The van der Waals surface area contributed by atoms with Crippen molar-refractivity contribution in [3.05, 3.63) is 65.5 Å². The minimum atomic E-state index is -4.56. The van der Waals surface area contributed by atoms with E-state index in [1.807, 2.05) is 17.0 Å². The number of piperidine rings is 2. The van der Waals surface area contributed by atoms with Crippen molar-refractivity contribution in [3.8, 4) is 23.3 Å². The van der Waals surface area contributed by atoms with Crippen LogP contribution >= 0.6 is 0 Å². The molecule has 2 aliphatic heterocycles. The van der Waals surface area contributed by atoms with Crippen molar-refractivity contribution in [2.75, 3.05) is 49.3 Å². The van der Waals surface area contributed by atoms with E-state index in [1.165, 1.54) is 10.6 Å². The molecule has 4 fully saturated rings. The molecule has 2 saturated heterocycles. The average molecular weight is 960 g/mol. The number of benzene rings is 3. The number of amides is 1. The molecular formula is C50H64F3N9O7. The monoisotopic (exact) mass is 959 g/mol. The number of aromatic hydroxyl groups is 2. The molecule has 2 saturated carbocycles. The van der Waals surface area contributed by atoms with Crippen molar-refractivity contribution in [1.82, 2.24) is 30.1 Å². The molecule has 1 amide bonds. The average Bonchev–Trinajstić information content (AvgIpc) is 4.05. The van der Waals surface area contributed by atoms with Crippen molar-refractivity contribution in [3.63, 3.8) is 0 Å². The summed E-state index contributed by atoms with van der Waals surface area (Å²) in [7, 11) is 1.55. The molecule has 2 aliphatic carbocycles. The first-order valence-electron chi connectivity index (χ1n) is 24.0. The summed E-state index contributed by atoms with van der Waals surface area (Å²) in [5.41, 5.74) is 6.06. The molecule has 9 rings (SSSR count). The Labute approximate surface area is 399 Å². The molecule has 4 atom stereocenters. The fraction of sp³-hybridized carbons (Fsp3) is 0.540. The van der Waals surface area contributed by atoms with Crippen molar-refractivity contribution in [1.29, 1.82) is 0 Å². The van der Waals surface area contributed by atoms with Gasteiger partial charge in [0.05, 0.1) is 42.5 Å². The van der Waals surface area contributed by atoms with Gasteiger partial charge in [0.25, 0.3) is 0 Å². The minimum absolute atomic E-state index is 0.00427. The summed E-state index contributed by atoms with van der Waals surface area (Å²) in [5, 5.41) is 54.5. The highest BCUT2D eigenvalue weighted by atomic mass is 19.4. The second-order valence-electron chi connectivity index (χ2n) is 20.1. The van der Waals surface area contributed by atoms with Gasteiger partial charge in [0.2, 0.25) is 18.2 Å². The number of hydrogen-bond donors (Lipinski definition) is 8. The SMILES string of the molecule is COc1cc2nc(C)nc(N[C@H](C)c3cc(N)cc(C(F)(F)F)c3)c2cc1OCC1(CN(C=O)C2(NC3CCN(c4ccc5c(O)n(C6CCC(O)NC6O)c(O)c5c4)CC3)CCC(C)CC2)CC1. The van der Waals surface area contributed by atoms with E-state index in [0.717, 1.165) is 88.7 Å². The summed E-state index contributed by atoms with van der Waals surface area (Å²) < 4.78 is 54.8. The minimum Gasteiger partial charge on any atom is -0.494 e. The highest BCUT2D eigenvalue weighted by Crippen LogP contribution is 2.50. The van der Waals surface area contributed by atoms with Crippen LogP contribution in [0.4, 0.5) is 30.4 Å². The summed E-state index contributed by atoms with van der Waals surface area (Å²) >= 11 is 0. The Morgan fingerprint density at radius 3 is 2.33 bits per heavy atom. The van der Waals surface area contributed by atoms with Crippen molar-refractivity contribution < 1.29 is 47.9 Å². The molecule has 0 spiro atoms. The van der Waals surface area contributed by atoms with Crippen LogP contribution in [-0.2, 0) is 11.0 Å². The number of ether oxygens (including phenoxy) is 2. The molecule has 4 aliphatic rings. The van der Waals surface area contributed by atoms with E-state index in [0.29, 0.717) is 82.3 Å². The highest BCUT2D eigenvalue weighted by molar-refractivity contribution is 5.95. The molecule has 3 unspecified atom stereocenters. The number of nitrogen functional groups attached to an aromatic ring is 1. The normalized spacial score (nSPS) is 24.6. The van der Waals surface area contributed by atoms with Crippen LogP contribution in [0.15, 0.2) is 48.5 Å². The molecule has 2 aromatic heterocycles. The smallest absolute Gasteiger partial charge is 0.416 e. The Hall–Kier alpha value is -5.76. The lowest BCUT2D eigenvalue weighted by molar-refractivity contribution is -0.137. The van der Waals surface area contributed by atoms with Gasteiger partial charge in [0.1, 0.15) is 24.1 Å². The number of aromatic nitrogens is 3. The molecule has 69 heavy (non-hydrogen) atoms. The summed E-state index contributed by atoms with van der Waals surface area (Å²) in [5.74, 6) is 2.06. The lowest BCUT2D eigenvalue weighted by atomic mass is 9.80. The molecule has 9 N–H and O–H groups in total. The van der Waals surface area contributed by atoms with Crippen LogP contribution < -0.4 is 36.1 Å². The number of carbonyl (C=O) groups is 1. The number of aliphatic hydroxyl groups is 2. The van der Waals surface area contributed by atoms with E-state index >= 15 is 0 Å². The number of carbonyl (C=O) groups excluding carboxylic acids is 1. The number of nitrogens with zero attached hydrogens (tertiary/aromatic N) is 5. The molecule has 0 bridgehead atoms. The van der Waals surface area contributed by atoms with Gasteiger partial charge in [0, 0.05) is 64.7 Å². The van der Waals surface area contributed by atoms with E-state index in [9.17, 15) is 38.4 Å². The second-order valence-corrected chi connectivity index (χ2v) is 20.1. The fourth-order valence-electron chi connectivity index (χ4n) is 10.8. The third kappa shape index (κ3) is 9.87. The number of nitrogens with two attached hydrogens (primary N) is 1. The molecule has 4 heterocycles. The molecule has 0 radical (unpaired) electrons. The number of aryl methyl sites for hydroxylation is 1. The zero-order valence-corrected chi connectivity index (χ0v) is 39.5. The maximum atomic E-state index is 13.7. The molecule has 3 aromatic carbocycles. The zero-order valence-electron chi connectivity index (χ0n) is 39.5. The van der Waals surface area contributed by atoms with Gasteiger partial charge in [-0.2, -0.15) is 13.2 Å². The van der Waals surface area contributed by atoms with E-state index in [-0.39, 0.29) is 28.9 Å². The van der Waals surface area contributed by atoms with Crippen molar-refractivity contribution in [2.45, 2.75) is 127 Å². The summed E-state index contributed by atoms with van der Waals surface area (Å²) in [6.07, 6.45) is 2.17. The summed E-state index contributed by atoms with van der Waals surface area (Å²) in [6.45, 7) is 8.04. The van der Waals surface area contributed by atoms with Crippen LogP contribution in [-0.4, -0.2) is 104 Å². The predicted molar refractivity (Wildman–Crippen MR) is 256 cm³/mol. The zero-order chi connectivity index (χ0) is 49.0. The lowest BCUT2D eigenvalue weighted by Gasteiger charge is -2.50. The fourth-order valence-corrected chi connectivity index (χ4v) is 10.8. The van der Waals surface area contributed by atoms with Gasteiger partial charge in [-0.3, -0.25) is 20.0 Å². The highest BCUT2D eigenvalue weighted by Gasteiger charge is 2.50. The summed E-state index contributed by atoms with van der Waals surface area (Å²) in [4.78, 5) is 26.8. The Kier molecular flexibility index (Phi) is 13.2. The van der Waals surface area contributed by atoms with Gasteiger partial charge < -0.3 is 50.8 Å². The first-order chi connectivity index (χ1) is 32.9. The lowest BCUT2D eigenvalue weighted by Crippen LogP contribution is -2.64. The third-order valence-corrected chi connectivity index (χ3v) is 15.1. The predicted octanol–water partition coefficient (Wildman–Crippen LogP) is 7.43. The van der Waals surface area contributed by atoms with E-state index in [4.69, 9.17) is 15.2 Å². The number of fused-ring (bicyclic) bond motifs is 2. The standard InChI is InChI=1S/C50H64F3N9O7/c1-28-9-13-49(14-10-28,59-34-11-17-60(18-12-34)35-5-6-36-37(22-35)47(67)62(46(36)66)40-7-8-43(64)58-45(40)65)61(27-63)25-48(15-16-48)26-69-42-23-38-39(24-41(42)68-4)56-30(3)57-44(38)55-29(2)31-19-32(50(51,52)53)21-33(54)20-31/h5-6,19-24,27-29,34,40,43,45,58-59,64-67H,7-18,25-26,54H2,1-4H3,(H,55,56,57)/t28?,29-,40?,43?,45?,49?/m1/s1. The van der Waals surface area contributed by atoms with Crippen LogP contribution in [0.25, 0.3) is 21.7 Å². The Bertz CT molecular complexity index is 2680. The molecule has 16 nitrogen and oxygen atoms in total. The van der Waals surface area contributed by atoms with Crippen molar-refractivity contribution >= 4 is 45.3 Å². The van der Waals surface area contributed by atoms with Crippen LogP contribution in [0.2, 0.25) is 0 Å². The molecule has 19 heteroatoms. The van der Waals surface area contributed by atoms with Gasteiger partial charge in [-0.05, 0) is 132 Å². The van der Waals surface area contributed by atoms with Crippen LogP contribution in [0.3, 0.4) is 0 Å². The number of rotatable bonds is 15. The maximum Gasteiger partial charge on any atom is 0.416 e. The maximum absolute atomic E-state index is 13.7. The second kappa shape index (κ2) is 18.9. The number of halogens is 3. The third-order valence-electron chi connectivity index (χ3n) is 15.1. The number of anilines is 3. The quantitative estimate of drug-likeness (QED) is 0.0291. The van der Waals surface area contributed by atoms with Crippen LogP contribution in [0, 0.1) is 18.3 Å². The summed E-state index contributed by atoms with van der Waals surface area (Å²) in [6, 6.07) is 11.6. The van der Waals surface area contributed by atoms with E-state index < -0.39 is 41.9 Å². The Balaban J connectivity index is 0.883. The van der Waals surface area contributed by atoms with Crippen LogP contribution in [0.5, 0.6) is 23.3 Å². The first kappa shape index (κ1) is 48.3. The number of alkyl halides is 3. The topological polar surface area (TPSA) is 216 Å². The van der Waals surface area contributed by atoms with Gasteiger partial charge in [-0.15, -0.1) is 0 Å². The van der Waals surface area contributed by atoms with E-state index in [2.05, 4.69) is 37.7 Å². The molecule has 372 valence electrons. The first-order valence-corrected chi connectivity index (χ1v) is 24.0. The van der Waals surface area contributed by atoms with Crippen molar-refractivity contribution in [2.24, 2.45) is 11.3 Å².